The first-order valence-electron chi connectivity index (χ1n) is 7.57. The normalized spacial score (nSPS) is 10.6. The zero-order chi connectivity index (χ0) is 16.4. The number of hydrogen-bond acceptors (Lipinski definition) is 4. The molecule has 0 spiro atoms. The first-order chi connectivity index (χ1) is 11.9. The Labute approximate surface area is 138 Å². The minimum absolute atomic E-state index is 0.321. The maximum absolute atomic E-state index is 9.35. The molecule has 5 nitrogen and oxygen atoms in total. The maximum Gasteiger partial charge on any atom is 0.190 e. The third-order valence-corrected chi connectivity index (χ3v) is 3.99. The molecule has 2 heterocycles. The fourth-order valence-corrected chi connectivity index (χ4v) is 2.89. The van der Waals surface area contributed by atoms with Gasteiger partial charge in [0.1, 0.15) is 11.8 Å². The summed E-state index contributed by atoms with van der Waals surface area (Å²) in [4.78, 5) is 4.03. The molecule has 0 bridgehead atoms. The van der Waals surface area contributed by atoms with Gasteiger partial charge in [-0.3, -0.25) is 4.98 Å². The van der Waals surface area contributed by atoms with E-state index in [0.29, 0.717) is 17.9 Å². The fourth-order valence-electron chi connectivity index (χ4n) is 2.89. The first-order valence-corrected chi connectivity index (χ1v) is 7.57. The van der Waals surface area contributed by atoms with Crippen LogP contribution < -0.4 is 0 Å². The lowest BCUT2D eigenvalue weighted by Gasteiger charge is -2.09. The monoisotopic (exact) mass is 311 g/mol. The Balaban J connectivity index is 1.84. The van der Waals surface area contributed by atoms with Crippen LogP contribution >= 0.6 is 0 Å². The Hall–Kier alpha value is -3.52. The summed E-state index contributed by atoms with van der Waals surface area (Å²) in [6.07, 6.45) is 3.40. The highest BCUT2D eigenvalue weighted by molar-refractivity contribution is 5.85. The van der Waals surface area contributed by atoms with Crippen LogP contribution in [0.25, 0.3) is 22.0 Å². The minimum atomic E-state index is 0.321. The molecular formula is C19H13N5. The van der Waals surface area contributed by atoms with E-state index < -0.39 is 0 Å². The molecule has 0 saturated heterocycles. The van der Waals surface area contributed by atoms with E-state index in [0.717, 1.165) is 11.1 Å². The summed E-state index contributed by atoms with van der Waals surface area (Å²) in [6.45, 7) is 0.549. The molecule has 4 rings (SSSR count). The van der Waals surface area contributed by atoms with Gasteiger partial charge in [0.15, 0.2) is 5.69 Å². The van der Waals surface area contributed by atoms with Crippen LogP contribution in [0.5, 0.6) is 0 Å². The van der Waals surface area contributed by atoms with Crippen molar-refractivity contribution in [1.29, 1.82) is 5.26 Å². The van der Waals surface area contributed by atoms with Crippen molar-refractivity contribution in [3.8, 4) is 17.3 Å². The van der Waals surface area contributed by atoms with E-state index in [1.807, 2.05) is 30.3 Å². The summed E-state index contributed by atoms with van der Waals surface area (Å²) < 4.78 is 1.77. The number of hydrogen-bond donors (Lipinski definition) is 0. The molecule has 0 unspecified atom stereocenters. The van der Waals surface area contributed by atoms with Crippen LogP contribution in [0.1, 0.15) is 11.3 Å². The van der Waals surface area contributed by atoms with Crippen molar-refractivity contribution in [1.82, 2.24) is 20.0 Å². The van der Waals surface area contributed by atoms with Crippen LogP contribution in [0.3, 0.4) is 0 Å². The van der Waals surface area contributed by atoms with Crippen molar-refractivity contribution < 1.29 is 0 Å². The molecule has 0 atom stereocenters. The predicted octanol–water partition coefficient (Wildman–Crippen LogP) is 3.41. The molecule has 2 aromatic carbocycles. The van der Waals surface area contributed by atoms with Gasteiger partial charge in [0.2, 0.25) is 0 Å². The van der Waals surface area contributed by atoms with Gasteiger partial charge in [0, 0.05) is 18.0 Å². The largest absolute Gasteiger partial charge is 0.265 e. The molecule has 5 heteroatoms. The Bertz CT molecular complexity index is 1040. The minimum Gasteiger partial charge on any atom is -0.265 e. The van der Waals surface area contributed by atoms with Gasteiger partial charge >= 0.3 is 0 Å². The second-order valence-electron chi connectivity index (χ2n) is 5.43. The SMILES string of the molecule is N#Cc1nnn(Cc2cccc3ccccc23)c1-c1ccncc1. The summed E-state index contributed by atoms with van der Waals surface area (Å²) in [5, 5.41) is 19.9. The standard InChI is InChI=1S/C19H13N5/c20-12-18-19(15-8-10-21-11-9-15)24(23-22-18)13-16-6-3-5-14-4-1-2-7-17(14)16/h1-11H,13H2. The Morgan fingerprint density at radius 1 is 0.958 bits per heavy atom. The average molecular weight is 311 g/mol. The Morgan fingerprint density at radius 3 is 2.58 bits per heavy atom. The second-order valence-corrected chi connectivity index (χ2v) is 5.43. The zero-order valence-corrected chi connectivity index (χ0v) is 12.8. The maximum atomic E-state index is 9.35. The summed E-state index contributed by atoms with van der Waals surface area (Å²) in [5.74, 6) is 0. The van der Waals surface area contributed by atoms with Crippen LogP contribution in [0.4, 0.5) is 0 Å². The number of aromatic nitrogens is 4. The smallest absolute Gasteiger partial charge is 0.190 e. The summed E-state index contributed by atoms with van der Waals surface area (Å²) in [5.41, 5.74) is 3.05. The Morgan fingerprint density at radius 2 is 1.75 bits per heavy atom. The van der Waals surface area contributed by atoms with Crippen molar-refractivity contribution in [2.24, 2.45) is 0 Å². The van der Waals surface area contributed by atoms with Crippen LogP contribution in [0.15, 0.2) is 67.0 Å². The van der Waals surface area contributed by atoms with Gasteiger partial charge in [0.25, 0.3) is 0 Å². The van der Waals surface area contributed by atoms with Gasteiger partial charge in [-0.1, -0.05) is 47.7 Å². The second kappa shape index (κ2) is 5.94. The number of pyridine rings is 1. The number of fused-ring (bicyclic) bond motifs is 1. The molecule has 0 aliphatic carbocycles. The topological polar surface area (TPSA) is 67.4 Å². The van der Waals surface area contributed by atoms with Crippen LogP contribution in [0.2, 0.25) is 0 Å². The molecule has 0 aliphatic rings. The fraction of sp³-hybridized carbons (Fsp3) is 0.0526. The number of nitrogens with zero attached hydrogens (tertiary/aromatic N) is 5. The van der Waals surface area contributed by atoms with E-state index >= 15 is 0 Å². The van der Waals surface area contributed by atoms with Gasteiger partial charge in [-0.15, -0.1) is 5.10 Å². The lowest BCUT2D eigenvalue weighted by Crippen LogP contribution is -2.05. The van der Waals surface area contributed by atoms with Gasteiger partial charge in [-0.05, 0) is 28.5 Å². The van der Waals surface area contributed by atoms with Gasteiger partial charge in [0.05, 0.1) is 6.54 Å². The van der Waals surface area contributed by atoms with E-state index in [2.05, 4.69) is 45.6 Å². The highest BCUT2D eigenvalue weighted by Gasteiger charge is 2.15. The van der Waals surface area contributed by atoms with Crippen molar-refractivity contribution >= 4 is 10.8 Å². The molecule has 0 fully saturated rings. The molecule has 0 N–H and O–H groups in total. The summed E-state index contributed by atoms with van der Waals surface area (Å²) in [7, 11) is 0. The molecular weight excluding hydrogens is 298 g/mol. The number of benzene rings is 2. The van der Waals surface area contributed by atoms with Gasteiger partial charge < -0.3 is 0 Å². The Kier molecular flexibility index (Phi) is 3.49. The summed E-state index contributed by atoms with van der Waals surface area (Å²) >= 11 is 0. The third-order valence-electron chi connectivity index (χ3n) is 3.99. The van der Waals surface area contributed by atoms with E-state index in [9.17, 15) is 5.26 Å². The number of rotatable bonds is 3. The highest BCUT2D eigenvalue weighted by Crippen LogP contribution is 2.24. The molecule has 114 valence electrons. The van der Waals surface area contributed by atoms with E-state index in [4.69, 9.17) is 0 Å². The molecule has 24 heavy (non-hydrogen) atoms. The third kappa shape index (κ3) is 2.40. The average Bonchev–Trinajstić information content (AvgIpc) is 3.05. The zero-order valence-electron chi connectivity index (χ0n) is 12.8. The lowest BCUT2D eigenvalue weighted by atomic mass is 10.0. The molecule has 0 radical (unpaired) electrons. The number of nitriles is 1. The van der Waals surface area contributed by atoms with Gasteiger partial charge in [-0.2, -0.15) is 5.26 Å². The van der Waals surface area contributed by atoms with E-state index in [-0.39, 0.29) is 0 Å². The highest BCUT2D eigenvalue weighted by atomic mass is 15.4. The van der Waals surface area contributed by atoms with Crippen LogP contribution in [-0.2, 0) is 6.54 Å². The molecule has 0 aliphatic heterocycles. The first kappa shape index (κ1) is 14.1. The summed E-state index contributed by atoms with van der Waals surface area (Å²) in [6, 6.07) is 20.3. The van der Waals surface area contributed by atoms with Crippen molar-refractivity contribution in [3.05, 3.63) is 78.2 Å². The molecule has 0 saturated carbocycles. The quantitative estimate of drug-likeness (QED) is 0.581. The van der Waals surface area contributed by atoms with Crippen molar-refractivity contribution in [2.75, 3.05) is 0 Å². The molecule has 4 aromatic rings. The predicted molar refractivity (Wildman–Crippen MR) is 91.0 cm³/mol. The van der Waals surface area contributed by atoms with Crippen molar-refractivity contribution in [3.63, 3.8) is 0 Å². The van der Waals surface area contributed by atoms with Crippen LogP contribution in [0, 0.1) is 11.3 Å². The van der Waals surface area contributed by atoms with E-state index in [1.165, 1.54) is 10.8 Å². The lowest BCUT2D eigenvalue weighted by molar-refractivity contribution is 0.658. The van der Waals surface area contributed by atoms with Crippen molar-refractivity contribution in [2.45, 2.75) is 6.54 Å². The van der Waals surface area contributed by atoms with Gasteiger partial charge in [-0.25, -0.2) is 4.68 Å². The molecule has 2 aromatic heterocycles. The van der Waals surface area contributed by atoms with E-state index in [1.54, 1.807) is 17.1 Å². The molecule has 0 amide bonds. The van der Waals surface area contributed by atoms with Crippen LogP contribution in [-0.4, -0.2) is 20.0 Å².